The van der Waals surface area contributed by atoms with Crippen LogP contribution in [0.2, 0.25) is 0 Å². The quantitative estimate of drug-likeness (QED) is 0.559. The van der Waals surface area contributed by atoms with E-state index < -0.39 is 0 Å². The van der Waals surface area contributed by atoms with Crippen molar-refractivity contribution in [1.29, 1.82) is 0 Å². The second-order valence-electron chi connectivity index (χ2n) is 5.36. The van der Waals surface area contributed by atoms with E-state index in [0.29, 0.717) is 5.41 Å². The molecule has 1 nitrogen and oxygen atoms in total. The van der Waals surface area contributed by atoms with Gasteiger partial charge in [0.05, 0.1) is 27.7 Å². The topological polar surface area (TPSA) is 0 Å². The molecule has 0 saturated heterocycles. The molecule has 0 bridgehead atoms. The summed E-state index contributed by atoms with van der Waals surface area (Å²) in [6.07, 6.45) is 3.97. The van der Waals surface area contributed by atoms with E-state index in [4.69, 9.17) is 0 Å². The average Bonchev–Trinajstić information content (AvgIpc) is 1.84. The molecule has 0 saturated carbocycles. The molecule has 74 valence electrons. The predicted molar refractivity (Wildman–Crippen MR) is 56.2 cm³/mol. The van der Waals surface area contributed by atoms with Crippen molar-refractivity contribution in [3.63, 3.8) is 0 Å². The van der Waals surface area contributed by atoms with Gasteiger partial charge in [-0.25, -0.2) is 0 Å². The molecule has 0 aromatic rings. The molecule has 0 N–H and O–H groups in total. The Morgan fingerprint density at radius 1 is 1.08 bits per heavy atom. The lowest BCUT2D eigenvalue weighted by molar-refractivity contribution is -0.877. The first-order chi connectivity index (χ1) is 5.33. The van der Waals surface area contributed by atoms with Crippen molar-refractivity contribution in [3.05, 3.63) is 0 Å². The van der Waals surface area contributed by atoms with E-state index in [-0.39, 0.29) is 0 Å². The maximum Gasteiger partial charge on any atom is 0.0834 e. The lowest BCUT2D eigenvalue weighted by Gasteiger charge is -2.36. The van der Waals surface area contributed by atoms with Crippen LogP contribution in [0, 0.1) is 5.41 Å². The molecule has 12 heavy (non-hydrogen) atoms. The molecule has 0 aromatic heterocycles. The minimum atomic E-state index is 0.549. The van der Waals surface area contributed by atoms with Crippen molar-refractivity contribution in [3.8, 4) is 0 Å². The first-order valence-electron chi connectivity index (χ1n) is 5.13. The molecule has 0 heterocycles. The highest BCUT2D eigenvalue weighted by Gasteiger charge is 2.27. The molecule has 1 atom stereocenters. The van der Waals surface area contributed by atoms with Gasteiger partial charge in [-0.05, 0) is 12.8 Å². The van der Waals surface area contributed by atoms with E-state index in [9.17, 15) is 0 Å². The number of nitrogens with zero attached hydrogens (tertiary/aromatic N) is 1. The molecule has 0 spiro atoms. The lowest BCUT2D eigenvalue weighted by atomic mass is 9.82. The highest BCUT2D eigenvalue weighted by molar-refractivity contribution is 4.71. The Morgan fingerprint density at radius 2 is 1.58 bits per heavy atom. The maximum atomic E-state index is 2.42. The predicted octanol–water partition coefficient (Wildman–Crippen LogP) is 2.91. The standard InChI is InChI=1S/C11H26N/c1-7-9-11(3,8-2)10-12(4,5)6/h7-10H2,1-6H3/q+1. The van der Waals surface area contributed by atoms with Crippen LogP contribution in [0.15, 0.2) is 0 Å². The van der Waals surface area contributed by atoms with Crippen LogP contribution < -0.4 is 0 Å². The second kappa shape index (κ2) is 4.27. The Morgan fingerprint density at radius 3 is 1.83 bits per heavy atom. The summed E-state index contributed by atoms with van der Waals surface area (Å²) in [5, 5.41) is 0. The van der Waals surface area contributed by atoms with Gasteiger partial charge in [-0.3, -0.25) is 0 Å². The molecule has 0 aliphatic rings. The van der Waals surface area contributed by atoms with Crippen molar-refractivity contribution in [2.75, 3.05) is 27.7 Å². The number of hydrogen-bond acceptors (Lipinski definition) is 0. The van der Waals surface area contributed by atoms with Crippen LogP contribution in [0.4, 0.5) is 0 Å². The molecule has 0 fully saturated rings. The number of rotatable bonds is 5. The molecule has 0 aliphatic heterocycles. The Bertz CT molecular complexity index is 123. The monoisotopic (exact) mass is 172 g/mol. The first kappa shape index (κ1) is 12.0. The SMILES string of the molecule is CCCC(C)(CC)C[N+](C)(C)C. The summed E-state index contributed by atoms with van der Waals surface area (Å²) in [6.45, 7) is 8.30. The van der Waals surface area contributed by atoms with Gasteiger partial charge in [0.25, 0.3) is 0 Å². The largest absolute Gasteiger partial charge is 0.330 e. The summed E-state index contributed by atoms with van der Waals surface area (Å²) in [6, 6.07) is 0. The van der Waals surface area contributed by atoms with Crippen LogP contribution in [-0.4, -0.2) is 32.2 Å². The highest BCUT2D eigenvalue weighted by atomic mass is 15.3. The summed E-state index contributed by atoms with van der Waals surface area (Å²) in [5.74, 6) is 0. The first-order valence-corrected chi connectivity index (χ1v) is 5.13. The third kappa shape index (κ3) is 4.76. The zero-order valence-corrected chi connectivity index (χ0v) is 9.78. The van der Waals surface area contributed by atoms with Gasteiger partial charge < -0.3 is 4.48 Å². The number of quaternary nitrogens is 1. The molecule has 0 rings (SSSR count). The molecular weight excluding hydrogens is 146 g/mol. The molecule has 0 radical (unpaired) electrons. The Hall–Kier alpha value is -0.0400. The molecule has 1 heteroatoms. The van der Waals surface area contributed by atoms with Gasteiger partial charge in [-0.15, -0.1) is 0 Å². The fourth-order valence-electron chi connectivity index (χ4n) is 2.12. The van der Waals surface area contributed by atoms with E-state index in [1.54, 1.807) is 0 Å². The van der Waals surface area contributed by atoms with Crippen molar-refractivity contribution in [2.24, 2.45) is 5.41 Å². The third-order valence-electron chi connectivity index (χ3n) is 2.56. The van der Waals surface area contributed by atoms with Crippen molar-refractivity contribution < 1.29 is 4.48 Å². The third-order valence-corrected chi connectivity index (χ3v) is 2.56. The van der Waals surface area contributed by atoms with Gasteiger partial charge in [0, 0.05) is 5.41 Å². The van der Waals surface area contributed by atoms with E-state index in [1.807, 2.05) is 0 Å². The summed E-state index contributed by atoms with van der Waals surface area (Å²) in [7, 11) is 6.84. The minimum absolute atomic E-state index is 0.549. The fraction of sp³-hybridized carbons (Fsp3) is 1.00. The fourth-order valence-corrected chi connectivity index (χ4v) is 2.12. The van der Waals surface area contributed by atoms with Crippen molar-refractivity contribution >= 4 is 0 Å². The average molecular weight is 172 g/mol. The van der Waals surface area contributed by atoms with E-state index in [0.717, 1.165) is 4.48 Å². The van der Waals surface area contributed by atoms with E-state index >= 15 is 0 Å². The zero-order chi connectivity index (χ0) is 9.83. The van der Waals surface area contributed by atoms with Crippen LogP contribution >= 0.6 is 0 Å². The lowest BCUT2D eigenvalue weighted by Crippen LogP contribution is -2.43. The smallest absolute Gasteiger partial charge is 0.0834 e. The van der Waals surface area contributed by atoms with Crippen LogP contribution in [0.3, 0.4) is 0 Å². The van der Waals surface area contributed by atoms with Crippen molar-refractivity contribution in [1.82, 2.24) is 0 Å². The Balaban J connectivity index is 4.14. The second-order valence-corrected chi connectivity index (χ2v) is 5.36. The summed E-state index contributed by atoms with van der Waals surface area (Å²) in [4.78, 5) is 0. The number of hydrogen-bond donors (Lipinski definition) is 0. The molecule has 0 aromatic carbocycles. The normalized spacial score (nSPS) is 17.5. The zero-order valence-electron chi connectivity index (χ0n) is 9.78. The highest BCUT2D eigenvalue weighted by Crippen LogP contribution is 2.29. The van der Waals surface area contributed by atoms with E-state index in [1.165, 1.54) is 25.8 Å². The maximum absolute atomic E-state index is 2.42. The Kier molecular flexibility index (Phi) is 4.25. The van der Waals surface area contributed by atoms with Crippen molar-refractivity contribution in [2.45, 2.75) is 40.0 Å². The van der Waals surface area contributed by atoms with Gasteiger partial charge >= 0.3 is 0 Å². The molecular formula is C11H26N+. The van der Waals surface area contributed by atoms with Crippen LogP contribution in [-0.2, 0) is 0 Å². The van der Waals surface area contributed by atoms with Gasteiger partial charge in [0.15, 0.2) is 0 Å². The molecule has 1 unspecified atom stereocenters. The van der Waals surface area contributed by atoms with Crippen LogP contribution in [0.1, 0.15) is 40.0 Å². The van der Waals surface area contributed by atoms with Crippen LogP contribution in [0.25, 0.3) is 0 Å². The molecule has 0 aliphatic carbocycles. The van der Waals surface area contributed by atoms with Gasteiger partial charge in [0.2, 0.25) is 0 Å². The summed E-state index contributed by atoms with van der Waals surface area (Å²) < 4.78 is 1.09. The summed E-state index contributed by atoms with van der Waals surface area (Å²) >= 11 is 0. The Labute approximate surface area is 78.4 Å². The van der Waals surface area contributed by atoms with Gasteiger partial charge in [-0.1, -0.05) is 27.2 Å². The minimum Gasteiger partial charge on any atom is -0.330 e. The van der Waals surface area contributed by atoms with Gasteiger partial charge in [-0.2, -0.15) is 0 Å². The van der Waals surface area contributed by atoms with Crippen LogP contribution in [0.5, 0.6) is 0 Å². The van der Waals surface area contributed by atoms with E-state index in [2.05, 4.69) is 41.9 Å². The van der Waals surface area contributed by atoms with Gasteiger partial charge in [0.1, 0.15) is 0 Å². The summed E-state index contributed by atoms with van der Waals surface area (Å²) in [5.41, 5.74) is 0.549. The molecule has 0 amide bonds.